The van der Waals surface area contributed by atoms with E-state index >= 15 is 0 Å². The minimum Gasteiger partial charge on any atom is -0.387 e. The standard InChI is InChI=1S/C16H20FNO2/c1-9(2)15(11(4)20)16(18-5)13-6-12(10(3)19)7-14(17)8-13/h6-9,18H,1-5H3/b16-15-. The Labute approximate surface area is 118 Å². The van der Waals surface area contributed by atoms with Crippen molar-refractivity contribution in [2.24, 2.45) is 5.92 Å². The highest BCUT2D eigenvalue weighted by Crippen LogP contribution is 2.24. The molecule has 0 bridgehead atoms. The van der Waals surface area contributed by atoms with Gasteiger partial charge in [0.2, 0.25) is 0 Å². The van der Waals surface area contributed by atoms with Crippen LogP contribution < -0.4 is 5.32 Å². The molecule has 1 aromatic carbocycles. The molecule has 0 saturated heterocycles. The Morgan fingerprint density at radius 1 is 1.10 bits per heavy atom. The monoisotopic (exact) mass is 277 g/mol. The highest BCUT2D eigenvalue weighted by atomic mass is 19.1. The smallest absolute Gasteiger partial charge is 0.159 e. The third-order valence-electron chi connectivity index (χ3n) is 3.07. The zero-order valence-corrected chi connectivity index (χ0v) is 12.5. The first-order chi connectivity index (χ1) is 9.27. The lowest BCUT2D eigenvalue weighted by Crippen LogP contribution is -2.16. The first kappa shape index (κ1) is 16.1. The summed E-state index contributed by atoms with van der Waals surface area (Å²) in [7, 11) is 1.68. The van der Waals surface area contributed by atoms with E-state index in [4.69, 9.17) is 0 Å². The van der Waals surface area contributed by atoms with Crippen LogP contribution in [-0.4, -0.2) is 18.6 Å². The topological polar surface area (TPSA) is 46.2 Å². The van der Waals surface area contributed by atoms with Crippen molar-refractivity contribution in [1.82, 2.24) is 5.32 Å². The molecule has 108 valence electrons. The van der Waals surface area contributed by atoms with Crippen molar-refractivity contribution in [3.63, 3.8) is 0 Å². The summed E-state index contributed by atoms with van der Waals surface area (Å²) in [5.41, 5.74) is 1.96. The first-order valence-electron chi connectivity index (χ1n) is 6.52. The molecule has 0 saturated carbocycles. The van der Waals surface area contributed by atoms with Gasteiger partial charge in [-0.25, -0.2) is 4.39 Å². The van der Waals surface area contributed by atoms with Gasteiger partial charge in [0.15, 0.2) is 11.6 Å². The summed E-state index contributed by atoms with van der Waals surface area (Å²) in [6, 6.07) is 4.12. The Bertz CT molecular complexity index is 574. The molecule has 0 aliphatic carbocycles. The van der Waals surface area contributed by atoms with Crippen molar-refractivity contribution in [2.75, 3.05) is 7.05 Å². The molecule has 0 aliphatic rings. The van der Waals surface area contributed by atoms with Crippen LogP contribution in [0.1, 0.15) is 43.6 Å². The van der Waals surface area contributed by atoms with Gasteiger partial charge in [0.1, 0.15) is 5.82 Å². The maximum absolute atomic E-state index is 13.7. The number of ketones is 2. The zero-order chi connectivity index (χ0) is 15.4. The molecule has 1 aromatic rings. The van der Waals surface area contributed by atoms with E-state index in [0.29, 0.717) is 22.4 Å². The normalized spacial score (nSPS) is 12.2. The molecule has 0 amide bonds. The number of hydrogen-bond donors (Lipinski definition) is 1. The van der Waals surface area contributed by atoms with E-state index in [0.717, 1.165) is 0 Å². The molecule has 3 nitrogen and oxygen atoms in total. The van der Waals surface area contributed by atoms with Crippen LogP contribution in [0.2, 0.25) is 0 Å². The van der Waals surface area contributed by atoms with Gasteiger partial charge in [0, 0.05) is 29.4 Å². The van der Waals surface area contributed by atoms with Crippen LogP contribution in [0.5, 0.6) is 0 Å². The van der Waals surface area contributed by atoms with Gasteiger partial charge in [-0.15, -0.1) is 0 Å². The number of halogens is 1. The Balaban J connectivity index is 3.56. The van der Waals surface area contributed by atoms with Gasteiger partial charge in [-0.2, -0.15) is 0 Å². The fraction of sp³-hybridized carbons (Fsp3) is 0.375. The lowest BCUT2D eigenvalue weighted by molar-refractivity contribution is -0.114. The van der Waals surface area contributed by atoms with Gasteiger partial charge < -0.3 is 5.32 Å². The van der Waals surface area contributed by atoms with Crippen molar-refractivity contribution in [3.05, 3.63) is 40.7 Å². The average molecular weight is 277 g/mol. The number of rotatable bonds is 5. The van der Waals surface area contributed by atoms with Gasteiger partial charge in [0.05, 0.1) is 0 Å². The largest absolute Gasteiger partial charge is 0.387 e. The van der Waals surface area contributed by atoms with E-state index < -0.39 is 5.82 Å². The van der Waals surface area contributed by atoms with Gasteiger partial charge in [-0.05, 0) is 38.0 Å². The van der Waals surface area contributed by atoms with E-state index in [1.807, 2.05) is 13.8 Å². The Morgan fingerprint density at radius 3 is 2.05 bits per heavy atom. The molecule has 1 rings (SSSR count). The number of benzene rings is 1. The van der Waals surface area contributed by atoms with E-state index in [-0.39, 0.29) is 17.5 Å². The van der Waals surface area contributed by atoms with E-state index in [9.17, 15) is 14.0 Å². The molecule has 0 atom stereocenters. The fourth-order valence-corrected chi connectivity index (χ4v) is 2.24. The van der Waals surface area contributed by atoms with Crippen LogP contribution in [0.25, 0.3) is 5.70 Å². The molecule has 0 aromatic heterocycles. The molecule has 4 heteroatoms. The lowest BCUT2D eigenvalue weighted by atomic mass is 9.93. The summed E-state index contributed by atoms with van der Waals surface area (Å²) >= 11 is 0. The predicted molar refractivity (Wildman–Crippen MR) is 77.9 cm³/mol. The minimum atomic E-state index is -0.493. The number of hydrogen-bond acceptors (Lipinski definition) is 3. The summed E-state index contributed by atoms with van der Waals surface area (Å²) < 4.78 is 13.7. The number of allylic oxidation sites excluding steroid dienone is 1. The van der Waals surface area contributed by atoms with Gasteiger partial charge in [-0.1, -0.05) is 13.8 Å². The van der Waals surface area contributed by atoms with E-state index in [1.165, 1.54) is 26.0 Å². The Kier molecular flexibility index (Phi) is 5.19. The molecule has 20 heavy (non-hydrogen) atoms. The number of carbonyl (C=O) groups is 2. The van der Waals surface area contributed by atoms with Crippen LogP contribution in [0.15, 0.2) is 23.8 Å². The van der Waals surface area contributed by atoms with Crippen molar-refractivity contribution in [3.8, 4) is 0 Å². The summed E-state index contributed by atoms with van der Waals surface area (Å²) in [5, 5.41) is 2.96. The SMILES string of the molecule is CN/C(=C(\C(C)=O)C(C)C)c1cc(F)cc(C(C)=O)c1. The number of nitrogens with one attached hydrogen (secondary N) is 1. The highest BCUT2D eigenvalue weighted by Gasteiger charge is 2.17. The van der Waals surface area contributed by atoms with Crippen LogP contribution in [-0.2, 0) is 4.79 Å². The molecular formula is C16H20FNO2. The maximum atomic E-state index is 13.7. The van der Waals surface area contributed by atoms with Crippen LogP contribution >= 0.6 is 0 Å². The molecular weight excluding hydrogens is 257 g/mol. The summed E-state index contributed by atoms with van der Waals surface area (Å²) in [6.07, 6.45) is 0. The summed E-state index contributed by atoms with van der Waals surface area (Å²) in [4.78, 5) is 23.2. The highest BCUT2D eigenvalue weighted by molar-refractivity contribution is 6.02. The summed E-state index contributed by atoms with van der Waals surface area (Å²) in [6.45, 7) is 6.67. The molecule has 0 radical (unpaired) electrons. The molecule has 0 spiro atoms. The van der Waals surface area contributed by atoms with Crippen LogP contribution in [0, 0.1) is 11.7 Å². The molecule has 1 N–H and O–H groups in total. The van der Waals surface area contributed by atoms with E-state index in [1.54, 1.807) is 13.1 Å². The van der Waals surface area contributed by atoms with Gasteiger partial charge >= 0.3 is 0 Å². The van der Waals surface area contributed by atoms with Crippen molar-refractivity contribution >= 4 is 17.3 Å². The van der Waals surface area contributed by atoms with Crippen molar-refractivity contribution in [1.29, 1.82) is 0 Å². The van der Waals surface area contributed by atoms with Crippen LogP contribution in [0.4, 0.5) is 4.39 Å². The number of Topliss-reactive ketones (excluding diaryl/α,β-unsaturated/α-hetero) is 2. The first-order valence-corrected chi connectivity index (χ1v) is 6.52. The third-order valence-corrected chi connectivity index (χ3v) is 3.07. The lowest BCUT2D eigenvalue weighted by Gasteiger charge is -2.17. The van der Waals surface area contributed by atoms with Gasteiger partial charge in [0.25, 0.3) is 0 Å². The quantitative estimate of drug-likeness (QED) is 0.664. The Hall–Kier alpha value is -1.97. The summed E-state index contributed by atoms with van der Waals surface area (Å²) in [5.74, 6) is -0.779. The third kappa shape index (κ3) is 3.53. The van der Waals surface area contributed by atoms with Crippen molar-refractivity contribution < 1.29 is 14.0 Å². The second kappa shape index (κ2) is 6.46. The molecule has 0 aliphatic heterocycles. The second-order valence-corrected chi connectivity index (χ2v) is 5.03. The number of carbonyl (C=O) groups excluding carboxylic acids is 2. The van der Waals surface area contributed by atoms with E-state index in [2.05, 4.69) is 5.32 Å². The van der Waals surface area contributed by atoms with Crippen LogP contribution in [0.3, 0.4) is 0 Å². The predicted octanol–water partition coefficient (Wildman–Crippen LogP) is 3.20. The molecule has 0 fully saturated rings. The van der Waals surface area contributed by atoms with Crippen molar-refractivity contribution in [2.45, 2.75) is 27.7 Å². The molecule has 0 unspecified atom stereocenters. The zero-order valence-electron chi connectivity index (χ0n) is 12.5. The Morgan fingerprint density at radius 2 is 1.65 bits per heavy atom. The minimum absolute atomic E-state index is 0.000930. The molecule has 0 heterocycles. The second-order valence-electron chi connectivity index (χ2n) is 5.03. The fourth-order valence-electron chi connectivity index (χ4n) is 2.24. The maximum Gasteiger partial charge on any atom is 0.159 e. The van der Waals surface area contributed by atoms with Gasteiger partial charge in [-0.3, -0.25) is 9.59 Å². The average Bonchev–Trinajstić information content (AvgIpc) is 2.33.